The van der Waals surface area contributed by atoms with E-state index in [1.807, 2.05) is 49.1 Å². The van der Waals surface area contributed by atoms with Crippen LogP contribution in [0.3, 0.4) is 0 Å². The van der Waals surface area contributed by atoms with Crippen molar-refractivity contribution >= 4 is 5.91 Å². The first kappa shape index (κ1) is 14.9. The second-order valence-electron chi connectivity index (χ2n) is 5.62. The molecule has 1 fully saturated rings. The number of carbonyl (C=O) groups is 1. The highest BCUT2D eigenvalue weighted by atomic mass is 16.5. The molecule has 3 atom stereocenters. The molecule has 0 unspecified atom stereocenters. The predicted molar refractivity (Wildman–Crippen MR) is 79.5 cm³/mol. The maximum absolute atomic E-state index is 12.4. The number of hydrogen-bond acceptors (Lipinski definition) is 3. The molecule has 1 aliphatic heterocycles. The first-order valence-electron chi connectivity index (χ1n) is 7.34. The summed E-state index contributed by atoms with van der Waals surface area (Å²) in [4.78, 5) is 14.3. The van der Waals surface area contributed by atoms with Crippen LogP contribution in [-0.4, -0.2) is 36.0 Å². The lowest BCUT2D eigenvalue weighted by Gasteiger charge is -2.35. The standard InChI is InChI=1S/C16H24N2O2/c1-12(17)14-7-6-10-18(11-14)16(19)13(2)20-15-8-4-3-5-9-15/h3-5,8-9,12-14H,6-7,10-11,17H2,1-2H3/t12-,13+,14+/m1/s1. The van der Waals surface area contributed by atoms with Crippen molar-refractivity contribution in [1.82, 2.24) is 4.90 Å². The average Bonchev–Trinajstić information content (AvgIpc) is 2.47. The van der Waals surface area contributed by atoms with Crippen molar-refractivity contribution in [2.45, 2.75) is 38.8 Å². The highest BCUT2D eigenvalue weighted by molar-refractivity contribution is 5.81. The molecule has 1 aromatic carbocycles. The fourth-order valence-electron chi connectivity index (χ4n) is 2.65. The molecule has 0 aromatic heterocycles. The Bertz CT molecular complexity index is 433. The van der Waals surface area contributed by atoms with Crippen LogP contribution in [0.1, 0.15) is 26.7 Å². The summed E-state index contributed by atoms with van der Waals surface area (Å²) in [5, 5.41) is 0. The number of hydrogen-bond donors (Lipinski definition) is 1. The van der Waals surface area contributed by atoms with Crippen LogP contribution in [0.25, 0.3) is 0 Å². The smallest absolute Gasteiger partial charge is 0.263 e. The highest BCUT2D eigenvalue weighted by Crippen LogP contribution is 2.20. The zero-order valence-electron chi connectivity index (χ0n) is 12.3. The summed E-state index contributed by atoms with van der Waals surface area (Å²) in [7, 11) is 0. The molecule has 1 amide bonds. The van der Waals surface area contributed by atoms with E-state index < -0.39 is 6.10 Å². The molecule has 1 aliphatic rings. The molecule has 1 saturated heterocycles. The van der Waals surface area contributed by atoms with E-state index in [0.717, 1.165) is 31.7 Å². The van der Waals surface area contributed by atoms with Gasteiger partial charge in [0.15, 0.2) is 6.10 Å². The van der Waals surface area contributed by atoms with Gasteiger partial charge in [-0.25, -0.2) is 0 Å². The quantitative estimate of drug-likeness (QED) is 0.915. The fourth-order valence-corrected chi connectivity index (χ4v) is 2.65. The Morgan fingerprint density at radius 3 is 2.70 bits per heavy atom. The first-order chi connectivity index (χ1) is 9.58. The van der Waals surface area contributed by atoms with E-state index in [2.05, 4.69) is 0 Å². The van der Waals surface area contributed by atoms with Crippen LogP contribution < -0.4 is 10.5 Å². The van der Waals surface area contributed by atoms with Crippen LogP contribution >= 0.6 is 0 Å². The van der Waals surface area contributed by atoms with Crippen LogP contribution in [0.5, 0.6) is 5.75 Å². The third-order valence-electron chi connectivity index (χ3n) is 3.92. The molecular formula is C16H24N2O2. The minimum absolute atomic E-state index is 0.0548. The van der Waals surface area contributed by atoms with Crippen molar-refractivity contribution in [2.24, 2.45) is 11.7 Å². The Hall–Kier alpha value is -1.55. The normalized spacial score (nSPS) is 22.1. The molecule has 1 heterocycles. The minimum atomic E-state index is -0.454. The predicted octanol–water partition coefficient (Wildman–Crippen LogP) is 2.04. The van der Waals surface area contributed by atoms with Gasteiger partial charge in [-0.2, -0.15) is 0 Å². The van der Waals surface area contributed by atoms with Gasteiger partial charge in [0, 0.05) is 19.1 Å². The third-order valence-corrected chi connectivity index (χ3v) is 3.92. The maximum Gasteiger partial charge on any atom is 0.263 e. The summed E-state index contributed by atoms with van der Waals surface area (Å²) in [5.41, 5.74) is 5.96. The first-order valence-corrected chi connectivity index (χ1v) is 7.34. The van der Waals surface area contributed by atoms with E-state index in [1.165, 1.54) is 0 Å². The summed E-state index contributed by atoms with van der Waals surface area (Å²) < 4.78 is 5.70. The van der Waals surface area contributed by atoms with Crippen molar-refractivity contribution in [3.8, 4) is 5.75 Å². The Kier molecular flexibility index (Phi) is 5.01. The van der Waals surface area contributed by atoms with Gasteiger partial charge in [-0.15, -0.1) is 0 Å². The number of ether oxygens (including phenoxy) is 1. The molecule has 0 spiro atoms. The van der Waals surface area contributed by atoms with E-state index in [1.54, 1.807) is 0 Å². The van der Waals surface area contributed by atoms with Crippen LogP contribution in [0.2, 0.25) is 0 Å². The van der Waals surface area contributed by atoms with Gasteiger partial charge in [-0.3, -0.25) is 4.79 Å². The molecule has 2 rings (SSSR count). The Morgan fingerprint density at radius 2 is 2.05 bits per heavy atom. The van der Waals surface area contributed by atoms with Gasteiger partial charge in [0.2, 0.25) is 0 Å². The SMILES string of the molecule is C[C@H](Oc1ccccc1)C(=O)N1CCC[C@H]([C@@H](C)N)C1. The van der Waals surface area contributed by atoms with E-state index in [-0.39, 0.29) is 11.9 Å². The average molecular weight is 276 g/mol. The number of rotatable bonds is 4. The summed E-state index contributed by atoms with van der Waals surface area (Å²) in [6, 6.07) is 9.60. The Balaban J connectivity index is 1.93. The van der Waals surface area contributed by atoms with Crippen molar-refractivity contribution in [3.63, 3.8) is 0 Å². The largest absolute Gasteiger partial charge is 0.481 e. The number of likely N-dealkylation sites (tertiary alicyclic amines) is 1. The summed E-state index contributed by atoms with van der Waals surface area (Å²) in [5.74, 6) is 1.19. The minimum Gasteiger partial charge on any atom is -0.481 e. The van der Waals surface area contributed by atoms with Crippen LogP contribution in [-0.2, 0) is 4.79 Å². The molecule has 20 heavy (non-hydrogen) atoms. The lowest BCUT2D eigenvalue weighted by atomic mass is 9.92. The second kappa shape index (κ2) is 6.75. The molecule has 0 bridgehead atoms. The van der Waals surface area contributed by atoms with Gasteiger partial charge >= 0.3 is 0 Å². The zero-order valence-corrected chi connectivity index (χ0v) is 12.3. The molecule has 4 nitrogen and oxygen atoms in total. The van der Waals surface area contributed by atoms with Gasteiger partial charge in [0.05, 0.1) is 0 Å². The van der Waals surface area contributed by atoms with E-state index >= 15 is 0 Å². The van der Waals surface area contributed by atoms with Crippen molar-refractivity contribution in [1.29, 1.82) is 0 Å². The summed E-state index contributed by atoms with van der Waals surface area (Å²) in [6.07, 6.45) is 1.68. The highest BCUT2D eigenvalue weighted by Gasteiger charge is 2.29. The third kappa shape index (κ3) is 3.73. The Morgan fingerprint density at radius 1 is 1.35 bits per heavy atom. The lowest BCUT2D eigenvalue weighted by Crippen LogP contribution is -2.48. The molecular weight excluding hydrogens is 252 g/mol. The van der Waals surface area contributed by atoms with Gasteiger partial charge in [-0.1, -0.05) is 18.2 Å². The molecule has 2 N–H and O–H groups in total. The number of nitrogens with two attached hydrogens (primary N) is 1. The van der Waals surface area contributed by atoms with E-state index in [9.17, 15) is 4.79 Å². The van der Waals surface area contributed by atoms with Crippen LogP contribution in [0.15, 0.2) is 30.3 Å². The van der Waals surface area contributed by atoms with Crippen molar-refractivity contribution in [2.75, 3.05) is 13.1 Å². The molecule has 1 aromatic rings. The molecule has 4 heteroatoms. The van der Waals surface area contributed by atoms with Crippen molar-refractivity contribution < 1.29 is 9.53 Å². The van der Waals surface area contributed by atoms with Gasteiger partial charge in [-0.05, 0) is 44.7 Å². The Labute approximate surface area is 120 Å². The maximum atomic E-state index is 12.4. The monoisotopic (exact) mass is 276 g/mol. The van der Waals surface area contributed by atoms with Gasteiger partial charge < -0.3 is 15.4 Å². The van der Waals surface area contributed by atoms with Crippen LogP contribution in [0.4, 0.5) is 0 Å². The number of para-hydroxylation sites is 1. The second-order valence-corrected chi connectivity index (χ2v) is 5.62. The molecule has 110 valence electrons. The van der Waals surface area contributed by atoms with E-state index in [4.69, 9.17) is 10.5 Å². The number of piperidine rings is 1. The molecule has 0 saturated carbocycles. The molecule has 0 aliphatic carbocycles. The zero-order chi connectivity index (χ0) is 14.5. The van der Waals surface area contributed by atoms with Crippen molar-refractivity contribution in [3.05, 3.63) is 30.3 Å². The number of carbonyl (C=O) groups excluding carboxylic acids is 1. The number of amides is 1. The lowest BCUT2D eigenvalue weighted by molar-refractivity contribution is -0.139. The topological polar surface area (TPSA) is 55.6 Å². The van der Waals surface area contributed by atoms with Gasteiger partial charge in [0.25, 0.3) is 5.91 Å². The number of nitrogens with zero attached hydrogens (tertiary/aromatic N) is 1. The van der Waals surface area contributed by atoms with Crippen LogP contribution in [0, 0.1) is 5.92 Å². The summed E-state index contributed by atoms with van der Waals surface area (Å²) in [6.45, 7) is 5.39. The summed E-state index contributed by atoms with van der Waals surface area (Å²) >= 11 is 0. The van der Waals surface area contributed by atoms with Gasteiger partial charge in [0.1, 0.15) is 5.75 Å². The number of benzene rings is 1. The van der Waals surface area contributed by atoms with E-state index in [0.29, 0.717) is 5.92 Å². The molecule has 0 radical (unpaired) electrons. The fraction of sp³-hybridized carbons (Fsp3) is 0.562.